The summed E-state index contributed by atoms with van der Waals surface area (Å²) < 4.78 is 5.34. The predicted molar refractivity (Wildman–Crippen MR) is 103 cm³/mol. The molecule has 140 valence electrons. The second-order valence-electron chi connectivity index (χ2n) is 6.07. The molecule has 0 radical (unpaired) electrons. The molecule has 1 heterocycles. The highest BCUT2D eigenvalue weighted by Crippen LogP contribution is 2.15. The van der Waals surface area contributed by atoms with Crippen molar-refractivity contribution in [2.24, 2.45) is 0 Å². The number of carbonyl (C=O) groups is 2. The maximum Gasteiger partial charge on any atom is 0.251 e. The Morgan fingerprint density at radius 3 is 2.59 bits per heavy atom. The number of aromatic nitrogens is 2. The average molecular weight is 366 g/mol. The van der Waals surface area contributed by atoms with E-state index in [4.69, 9.17) is 4.74 Å². The molecule has 3 N–H and O–H groups in total. The number of para-hydroxylation sites is 2. The molecule has 0 fully saturated rings. The van der Waals surface area contributed by atoms with Crippen LogP contribution in [-0.4, -0.2) is 34.9 Å². The highest BCUT2D eigenvalue weighted by molar-refractivity contribution is 5.96. The van der Waals surface area contributed by atoms with E-state index in [2.05, 4.69) is 20.6 Å². The molecular formula is C20H22N4O3. The van der Waals surface area contributed by atoms with Crippen molar-refractivity contribution >= 4 is 22.8 Å². The fourth-order valence-corrected chi connectivity index (χ4v) is 2.67. The van der Waals surface area contributed by atoms with Gasteiger partial charge in [-0.1, -0.05) is 12.1 Å². The smallest absolute Gasteiger partial charge is 0.251 e. The fraction of sp³-hybridized carbons (Fsp3) is 0.250. The SMILES string of the molecule is CCOc1ccc(C(=O)NCC(=O)NC(C)c2nc3ccccc3[nH]2)cc1. The van der Waals surface area contributed by atoms with Gasteiger partial charge >= 0.3 is 0 Å². The molecule has 0 saturated heterocycles. The van der Waals surface area contributed by atoms with Crippen LogP contribution >= 0.6 is 0 Å². The maximum absolute atomic E-state index is 12.1. The van der Waals surface area contributed by atoms with Gasteiger partial charge in [-0.25, -0.2) is 4.98 Å². The summed E-state index contributed by atoms with van der Waals surface area (Å²) in [5, 5.41) is 5.43. The quantitative estimate of drug-likeness (QED) is 0.599. The maximum atomic E-state index is 12.1. The number of carbonyl (C=O) groups excluding carboxylic acids is 2. The average Bonchev–Trinajstić information content (AvgIpc) is 3.11. The van der Waals surface area contributed by atoms with E-state index < -0.39 is 0 Å². The van der Waals surface area contributed by atoms with E-state index in [0.29, 0.717) is 23.7 Å². The standard InChI is InChI=1S/C20H22N4O3/c1-3-27-15-10-8-14(9-11-15)20(26)21-12-18(25)22-13(2)19-23-16-6-4-5-7-17(16)24-19/h4-11,13H,3,12H2,1-2H3,(H,21,26)(H,22,25)(H,23,24). The molecule has 0 aliphatic rings. The number of fused-ring (bicyclic) bond motifs is 1. The van der Waals surface area contributed by atoms with Crippen molar-refractivity contribution in [3.8, 4) is 5.75 Å². The molecule has 7 nitrogen and oxygen atoms in total. The van der Waals surface area contributed by atoms with Gasteiger partial charge in [-0.2, -0.15) is 0 Å². The number of nitrogens with zero attached hydrogens (tertiary/aromatic N) is 1. The Morgan fingerprint density at radius 2 is 1.89 bits per heavy atom. The number of ether oxygens (including phenoxy) is 1. The van der Waals surface area contributed by atoms with E-state index in [1.54, 1.807) is 24.3 Å². The lowest BCUT2D eigenvalue weighted by molar-refractivity contribution is -0.120. The lowest BCUT2D eigenvalue weighted by atomic mass is 10.2. The minimum atomic E-state index is -0.315. The zero-order valence-electron chi connectivity index (χ0n) is 15.3. The van der Waals surface area contributed by atoms with Crippen molar-refractivity contribution in [3.05, 3.63) is 59.9 Å². The first-order chi connectivity index (χ1) is 13.1. The van der Waals surface area contributed by atoms with Gasteiger partial charge < -0.3 is 20.4 Å². The minimum absolute atomic E-state index is 0.114. The van der Waals surface area contributed by atoms with Crippen LogP contribution in [0.5, 0.6) is 5.75 Å². The molecule has 0 bridgehead atoms. The minimum Gasteiger partial charge on any atom is -0.494 e. The van der Waals surface area contributed by atoms with Crippen LogP contribution in [0.4, 0.5) is 0 Å². The number of rotatable bonds is 7. The van der Waals surface area contributed by atoms with Crippen LogP contribution in [0.15, 0.2) is 48.5 Å². The second-order valence-corrected chi connectivity index (χ2v) is 6.07. The Morgan fingerprint density at radius 1 is 1.15 bits per heavy atom. The predicted octanol–water partition coefficient (Wildman–Crippen LogP) is 2.57. The summed E-state index contributed by atoms with van der Waals surface area (Å²) in [7, 11) is 0. The molecule has 3 aromatic rings. The van der Waals surface area contributed by atoms with Crippen LogP contribution in [-0.2, 0) is 4.79 Å². The Balaban J connectivity index is 1.51. The number of benzene rings is 2. The molecule has 1 unspecified atom stereocenters. The van der Waals surface area contributed by atoms with Crippen molar-refractivity contribution in [3.63, 3.8) is 0 Å². The van der Waals surface area contributed by atoms with E-state index in [0.717, 1.165) is 11.0 Å². The number of H-pyrrole nitrogens is 1. The highest BCUT2D eigenvalue weighted by Gasteiger charge is 2.14. The van der Waals surface area contributed by atoms with E-state index in [-0.39, 0.29) is 24.4 Å². The number of hydrogen-bond acceptors (Lipinski definition) is 4. The Hall–Kier alpha value is -3.35. The number of nitrogens with one attached hydrogen (secondary N) is 3. The van der Waals surface area contributed by atoms with Gasteiger partial charge in [0.15, 0.2) is 0 Å². The molecule has 2 amide bonds. The molecular weight excluding hydrogens is 344 g/mol. The van der Waals surface area contributed by atoms with Crippen LogP contribution in [0.3, 0.4) is 0 Å². The number of imidazole rings is 1. The summed E-state index contributed by atoms with van der Waals surface area (Å²) in [5.41, 5.74) is 2.23. The zero-order chi connectivity index (χ0) is 19.2. The largest absolute Gasteiger partial charge is 0.494 e. The molecule has 2 aromatic carbocycles. The van der Waals surface area contributed by atoms with Crippen LogP contribution < -0.4 is 15.4 Å². The molecule has 0 spiro atoms. The van der Waals surface area contributed by atoms with E-state index in [1.807, 2.05) is 38.1 Å². The summed E-state index contributed by atoms with van der Waals surface area (Å²) in [6, 6.07) is 14.1. The topological polar surface area (TPSA) is 96.1 Å². The Bertz CT molecular complexity index is 901. The summed E-state index contributed by atoms with van der Waals surface area (Å²) in [6.45, 7) is 4.18. The summed E-state index contributed by atoms with van der Waals surface area (Å²) in [5.74, 6) is 0.765. The van der Waals surface area contributed by atoms with Gasteiger partial charge in [-0.05, 0) is 50.2 Å². The Labute approximate surface area is 157 Å². The normalized spacial score (nSPS) is 11.8. The summed E-state index contributed by atoms with van der Waals surface area (Å²) in [6.07, 6.45) is 0. The summed E-state index contributed by atoms with van der Waals surface area (Å²) in [4.78, 5) is 31.9. The van der Waals surface area contributed by atoms with Gasteiger partial charge in [0.1, 0.15) is 11.6 Å². The van der Waals surface area contributed by atoms with Crippen LogP contribution in [0.1, 0.15) is 36.1 Å². The lowest BCUT2D eigenvalue weighted by Crippen LogP contribution is -2.38. The first kappa shape index (κ1) is 18.4. The van der Waals surface area contributed by atoms with Crippen LogP contribution in [0.25, 0.3) is 11.0 Å². The molecule has 1 atom stereocenters. The third-order valence-electron chi connectivity index (χ3n) is 4.03. The third-order valence-corrected chi connectivity index (χ3v) is 4.03. The lowest BCUT2D eigenvalue weighted by Gasteiger charge is -2.12. The van der Waals surface area contributed by atoms with Gasteiger partial charge in [0, 0.05) is 5.56 Å². The van der Waals surface area contributed by atoms with Gasteiger partial charge in [-0.15, -0.1) is 0 Å². The molecule has 0 aliphatic heterocycles. The van der Waals surface area contributed by atoms with Gasteiger partial charge in [0.2, 0.25) is 5.91 Å². The van der Waals surface area contributed by atoms with Crippen molar-refractivity contribution in [1.82, 2.24) is 20.6 Å². The molecule has 1 aromatic heterocycles. The van der Waals surface area contributed by atoms with Gasteiger partial charge in [-0.3, -0.25) is 9.59 Å². The van der Waals surface area contributed by atoms with Crippen LogP contribution in [0.2, 0.25) is 0 Å². The number of hydrogen-bond donors (Lipinski definition) is 3. The van der Waals surface area contributed by atoms with Crippen molar-refractivity contribution in [1.29, 1.82) is 0 Å². The molecule has 3 rings (SSSR count). The molecule has 7 heteroatoms. The zero-order valence-corrected chi connectivity index (χ0v) is 15.3. The third kappa shape index (κ3) is 4.63. The molecule has 0 saturated carbocycles. The van der Waals surface area contributed by atoms with Crippen molar-refractivity contribution < 1.29 is 14.3 Å². The van der Waals surface area contributed by atoms with E-state index >= 15 is 0 Å². The second kappa shape index (κ2) is 8.35. The van der Waals surface area contributed by atoms with Crippen molar-refractivity contribution in [2.45, 2.75) is 19.9 Å². The fourth-order valence-electron chi connectivity index (χ4n) is 2.67. The van der Waals surface area contributed by atoms with E-state index in [1.165, 1.54) is 0 Å². The van der Waals surface area contributed by atoms with Crippen molar-refractivity contribution in [2.75, 3.05) is 13.2 Å². The Kier molecular flexibility index (Phi) is 5.71. The van der Waals surface area contributed by atoms with Gasteiger partial charge in [0.05, 0.1) is 30.2 Å². The van der Waals surface area contributed by atoms with Gasteiger partial charge in [0.25, 0.3) is 5.91 Å². The van der Waals surface area contributed by atoms with Crippen LogP contribution in [0, 0.1) is 0 Å². The van der Waals surface area contributed by atoms with E-state index in [9.17, 15) is 9.59 Å². The first-order valence-corrected chi connectivity index (χ1v) is 8.82. The summed E-state index contributed by atoms with van der Waals surface area (Å²) >= 11 is 0. The first-order valence-electron chi connectivity index (χ1n) is 8.82. The molecule has 0 aliphatic carbocycles. The number of aromatic amines is 1. The molecule has 27 heavy (non-hydrogen) atoms. The monoisotopic (exact) mass is 366 g/mol. The number of amides is 2. The highest BCUT2D eigenvalue weighted by atomic mass is 16.5.